The Hall–Kier alpha value is 0.0500. The largest absolute Gasteiger partial charge is 0.310 e. The molecule has 0 amide bonds. The molecule has 0 aromatic heterocycles. The highest BCUT2D eigenvalue weighted by Crippen LogP contribution is 2.28. The summed E-state index contributed by atoms with van der Waals surface area (Å²) in [6.45, 7) is 7.22. The number of rotatable bonds is 7. The van der Waals surface area contributed by atoms with Crippen LogP contribution in [0, 0.1) is 0 Å². The molecule has 15 heavy (non-hydrogen) atoms. The zero-order valence-electron chi connectivity index (χ0n) is 10.0. The van der Waals surface area contributed by atoms with Crippen LogP contribution in [0.25, 0.3) is 0 Å². The van der Waals surface area contributed by atoms with Crippen LogP contribution >= 0.6 is 11.8 Å². The maximum Gasteiger partial charge on any atom is 0.0338 e. The van der Waals surface area contributed by atoms with E-state index in [9.17, 15) is 0 Å². The molecule has 1 aliphatic carbocycles. The van der Waals surface area contributed by atoms with Gasteiger partial charge >= 0.3 is 0 Å². The number of thioether (sulfide) groups is 1. The van der Waals surface area contributed by atoms with E-state index >= 15 is 0 Å². The zero-order valence-corrected chi connectivity index (χ0v) is 10.8. The van der Waals surface area contributed by atoms with E-state index in [1.807, 2.05) is 0 Å². The second-order valence-electron chi connectivity index (χ2n) is 4.39. The van der Waals surface area contributed by atoms with E-state index in [-0.39, 0.29) is 0 Å². The summed E-state index contributed by atoms with van der Waals surface area (Å²) in [4.78, 5) is 0. The smallest absolute Gasteiger partial charge is 0.0338 e. The van der Waals surface area contributed by atoms with Crippen LogP contribution in [0.2, 0.25) is 0 Å². The van der Waals surface area contributed by atoms with Crippen LogP contribution in [0.5, 0.6) is 0 Å². The summed E-state index contributed by atoms with van der Waals surface area (Å²) in [5.74, 6) is 1.20. The molecule has 1 unspecified atom stereocenters. The van der Waals surface area contributed by atoms with Gasteiger partial charge in [0.15, 0.2) is 0 Å². The quantitative estimate of drug-likeness (QED) is 0.667. The highest BCUT2D eigenvalue weighted by atomic mass is 32.2. The first-order valence-corrected chi connectivity index (χ1v) is 7.39. The minimum absolute atomic E-state index is 0.511. The maximum atomic E-state index is 3.90. The third-order valence-corrected chi connectivity index (χ3v) is 4.50. The van der Waals surface area contributed by atoms with Crippen molar-refractivity contribution in [1.29, 1.82) is 0 Å². The lowest BCUT2D eigenvalue weighted by molar-refractivity contribution is 0.515. The SMILES string of the molecule is C=CC(CSC1CCCCC1)NCCC. The van der Waals surface area contributed by atoms with Crippen molar-refractivity contribution < 1.29 is 0 Å². The predicted molar refractivity (Wildman–Crippen MR) is 71.6 cm³/mol. The van der Waals surface area contributed by atoms with Gasteiger partial charge in [0.1, 0.15) is 0 Å². The number of nitrogens with one attached hydrogen (secondary N) is 1. The molecule has 0 aromatic carbocycles. The molecule has 88 valence electrons. The van der Waals surface area contributed by atoms with Crippen molar-refractivity contribution in [2.75, 3.05) is 12.3 Å². The Labute approximate surface area is 99.1 Å². The predicted octanol–water partition coefficient (Wildman–Crippen LogP) is 3.61. The fourth-order valence-electron chi connectivity index (χ4n) is 2.01. The van der Waals surface area contributed by atoms with Crippen LogP contribution in [0.1, 0.15) is 45.4 Å². The van der Waals surface area contributed by atoms with Crippen LogP contribution < -0.4 is 5.32 Å². The minimum Gasteiger partial charge on any atom is -0.310 e. The second-order valence-corrected chi connectivity index (χ2v) is 5.72. The Morgan fingerprint density at radius 2 is 2.13 bits per heavy atom. The fourth-order valence-corrected chi connectivity index (χ4v) is 3.41. The molecule has 0 radical (unpaired) electrons. The van der Waals surface area contributed by atoms with Gasteiger partial charge in [-0.25, -0.2) is 0 Å². The van der Waals surface area contributed by atoms with Gasteiger partial charge in [0.05, 0.1) is 0 Å². The number of hydrogen-bond acceptors (Lipinski definition) is 2. The first-order chi connectivity index (χ1) is 7.36. The molecular weight excluding hydrogens is 202 g/mol. The third-order valence-electron chi connectivity index (χ3n) is 3.00. The summed E-state index contributed by atoms with van der Waals surface area (Å²) in [7, 11) is 0. The molecule has 1 N–H and O–H groups in total. The van der Waals surface area contributed by atoms with Gasteiger partial charge in [-0.2, -0.15) is 11.8 Å². The second kappa shape index (κ2) is 8.23. The van der Waals surface area contributed by atoms with Gasteiger partial charge in [0.25, 0.3) is 0 Å². The topological polar surface area (TPSA) is 12.0 Å². The monoisotopic (exact) mass is 227 g/mol. The lowest BCUT2D eigenvalue weighted by Crippen LogP contribution is -2.30. The van der Waals surface area contributed by atoms with E-state index in [1.165, 1.54) is 44.3 Å². The molecule has 0 bridgehead atoms. The molecule has 0 saturated heterocycles. The minimum atomic E-state index is 0.511. The lowest BCUT2D eigenvalue weighted by Gasteiger charge is -2.23. The summed E-state index contributed by atoms with van der Waals surface area (Å²) in [6, 6.07) is 0.511. The molecule has 0 aromatic rings. The van der Waals surface area contributed by atoms with E-state index < -0.39 is 0 Å². The van der Waals surface area contributed by atoms with Crippen molar-refractivity contribution in [3.8, 4) is 0 Å². The van der Waals surface area contributed by atoms with Crippen LogP contribution in [-0.4, -0.2) is 23.6 Å². The van der Waals surface area contributed by atoms with Gasteiger partial charge in [-0.15, -0.1) is 6.58 Å². The zero-order chi connectivity index (χ0) is 10.9. The van der Waals surface area contributed by atoms with Gasteiger partial charge in [0, 0.05) is 17.0 Å². The van der Waals surface area contributed by atoms with Gasteiger partial charge < -0.3 is 5.32 Å². The van der Waals surface area contributed by atoms with E-state index in [1.54, 1.807) is 0 Å². The van der Waals surface area contributed by atoms with Gasteiger partial charge in [0.2, 0.25) is 0 Å². The normalized spacial score (nSPS) is 20.1. The molecule has 1 fully saturated rings. The average molecular weight is 227 g/mol. The standard InChI is InChI=1S/C13H25NS/c1-3-10-14-12(4-2)11-15-13-8-6-5-7-9-13/h4,12-14H,2-3,5-11H2,1H3. The molecule has 1 aliphatic rings. The van der Waals surface area contributed by atoms with Crippen molar-refractivity contribution in [2.45, 2.75) is 56.7 Å². The van der Waals surface area contributed by atoms with Gasteiger partial charge in [-0.05, 0) is 25.8 Å². The molecule has 0 aliphatic heterocycles. The van der Waals surface area contributed by atoms with Crippen molar-refractivity contribution in [3.63, 3.8) is 0 Å². The van der Waals surface area contributed by atoms with Crippen molar-refractivity contribution in [1.82, 2.24) is 5.32 Å². The molecule has 1 rings (SSSR count). The van der Waals surface area contributed by atoms with E-state index in [4.69, 9.17) is 0 Å². The Balaban J connectivity index is 2.11. The summed E-state index contributed by atoms with van der Waals surface area (Å²) in [5.41, 5.74) is 0. The Kier molecular flexibility index (Phi) is 7.20. The summed E-state index contributed by atoms with van der Waals surface area (Å²) in [6.07, 6.45) is 10.5. The first kappa shape index (κ1) is 13.1. The van der Waals surface area contributed by atoms with Gasteiger partial charge in [-0.3, -0.25) is 0 Å². The van der Waals surface area contributed by atoms with E-state index in [0.29, 0.717) is 6.04 Å². The van der Waals surface area contributed by atoms with Crippen molar-refractivity contribution in [2.24, 2.45) is 0 Å². The molecule has 1 atom stereocenters. The summed E-state index contributed by atoms with van der Waals surface area (Å²) in [5, 5.41) is 4.44. The molecule has 2 heteroatoms. The molecule has 0 spiro atoms. The highest BCUT2D eigenvalue weighted by Gasteiger charge is 2.14. The molecular formula is C13H25NS. The van der Waals surface area contributed by atoms with Crippen molar-refractivity contribution >= 4 is 11.8 Å². The van der Waals surface area contributed by atoms with E-state index in [0.717, 1.165) is 11.8 Å². The summed E-state index contributed by atoms with van der Waals surface area (Å²) >= 11 is 2.15. The third kappa shape index (κ3) is 5.62. The average Bonchev–Trinajstić information content (AvgIpc) is 2.31. The summed E-state index contributed by atoms with van der Waals surface area (Å²) < 4.78 is 0. The van der Waals surface area contributed by atoms with E-state index in [2.05, 4.69) is 36.7 Å². The Bertz CT molecular complexity index is 164. The van der Waals surface area contributed by atoms with Crippen LogP contribution in [0.15, 0.2) is 12.7 Å². The van der Waals surface area contributed by atoms with Crippen LogP contribution in [0.3, 0.4) is 0 Å². The van der Waals surface area contributed by atoms with Crippen LogP contribution in [0.4, 0.5) is 0 Å². The lowest BCUT2D eigenvalue weighted by atomic mass is 10.0. The fraction of sp³-hybridized carbons (Fsp3) is 0.846. The Morgan fingerprint density at radius 3 is 2.73 bits per heavy atom. The maximum absolute atomic E-state index is 3.90. The van der Waals surface area contributed by atoms with Crippen LogP contribution in [-0.2, 0) is 0 Å². The first-order valence-electron chi connectivity index (χ1n) is 6.34. The molecule has 1 nitrogen and oxygen atoms in total. The Morgan fingerprint density at radius 1 is 1.40 bits per heavy atom. The molecule has 0 heterocycles. The van der Waals surface area contributed by atoms with Gasteiger partial charge in [-0.1, -0.05) is 32.3 Å². The van der Waals surface area contributed by atoms with Crippen molar-refractivity contribution in [3.05, 3.63) is 12.7 Å². The highest BCUT2D eigenvalue weighted by molar-refractivity contribution is 7.99. The molecule has 1 saturated carbocycles. The number of hydrogen-bond donors (Lipinski definition) is 1.